The summed E-state index contributed by atoms with van der Waals surface area (Å²) in [5, 5.41) is 3.10. The van der Waals surface area contributed by atoms with Crippen LogP contribution in [0.15, 0.2) is 30.9 Å². The van der Waals surface area contributed by atoms with E-state index in [0.29, 0.717) is 17.7 Å². The Balaban J connectivity index is 2.97. The normalized spacial score (nSPS) is 14.1. The first kappa shape index (κ1) is 13.7. The minimum Gasteiger partial charge on any atom is -0.494 e. The number of halogens is 1. The Morgan fingerprint density at radius 3 is 2.76 bits per heavy atom. The van der Waals surface area contributed by atoms with Gasteiger partial charge in [-0.1, -0.05) is 25.1 Å². The summed E-state index contributed by atoms with van der Waals surface area (Å²) in [5.74, 6) is 0.0116. The Hall–Kier alpha value is -1.35. The predicted molar refractivity (Wildman–Crippen MR) is 68.9 cm³/mol. The average molecular weight is 237 g/mol. The fraction of sp³-hybridized carbons (Fsp3) is 0.429. The van der Waals surface area contributed by atoms with Crippen molar-refractivity contribution in [3.63, 3.8) is 0 Å². The molecule has 1 atom stereocenters. The molecule has 0 aromatic heterocycles. The first-order valence-corrected chi connectivity index (χ1v) is 5.66. The topological polar surface area (TPSA) is 21.3 Å². The molecule has 0 saturated heterocycles. The molecule has 0 aliphatic carbocycles. The van der Waals surface area contributed by atoms with E-state index in [1.165, 1.54) is 7.11 Å². The first-order valence-electron chi connectivity index (χ1n) is 5.66. The van der Waals surface area contributed by atoms with Crippen molar-refractivity contribution in [1.29, 1.82) is 0 Å². The Morgan fingerprint density at radius 1 is 1.53 bits per heavy atom. The molecule has 1 aromatic carbocycles. The minimum absolute atomic E-state index is 0.165. The summed E-state index contributed by atoms with van der Waals surface area (Å²) in [6.45, 7) is 6.63. The highest BCUT2D eigenvalue weighted by molar-refractivity contribution is 5.32. The molecule has 1 rings (SSSR count). The van der Waals surface area contributed by atoms with E-state index in [0.717, 1.165) is 6.54 Å². The van der Waals surface area contributed by atoms with Crippen molar-refractivity contribution in [2.75, 3.05) is 20.7 Å². The number of methoxy groups -OCH3 is 1. The van der Waals surface area contributed by atoms with Gasteiger partial charge in [0.25, 0.3) is 0 Å². The van der Waals surface area contributed by atoms with E-state index >= 15 is 0 Å². The van der Waals surface area contributed by atoms with E-state index in [1.54, 1.807) is 18.2 Å². The number of nitrogens with one attached hydrogen (secondary N) is 1. The monoisotopic (exact) mass is 237 g/mol. The standard InChI is InChI=1S/C14H20FNO/c1-5-14(2,10-16-3)9-11-7-6-8-12(17-4)13(11)15/h5-8,16H,1,9-10H2,2-4H3. The Morgan fingerprint density at radius 2 is 2.24 bits per heavy atom. The van der Waals surface area contributed by atoms with Crippen LogP contribution in [0.2, 0.25) is 0 Å². The summed E-state index contributed by atoms with van der Waals surface area (Å²) in [6.07, 6.45) is 2.46. The average Bonchev–Trinajstić information content (AvgIpc) is 2.32. The van der Waals surface area contributed by atoms with Crippen molar-refractivity contribution in [2.24, 2.45) is 5.41 Å². The van der Waals surface area contributed by atoms with Crippen LogP contribution < -0.4 is 10.1 Å². The highest BCUT2D eigenvalue weighted by atomic mass is 19.1. The molecule has 0 saturated carbocycles. The van der Waals surface area contributed by atoms with Gasteiger partial charge in [0.2, 0.25) is 0 Å². The summed E-state index contributed by atoms with van der Waals surface area (Å²) < 4.78 is 19.0. The second-order valence-corrected chi connectivity index (χ2v) is 4.50. The van der Waals surface area contributed by atoms with Gasteiger partial charge in [0.15, 0.2) is 11.6 Å². The second-order valence-electron chi connectivity index (χ2n) is 4.50. The van der Waals surface area contributed by atoms with Crippen LogP contribution in [0, 0.1) is 11.2 Å². The van der Waals surface area contributed by atoms with E-state index in [4.69, 9.17) is 4.74 Å². The van der Waals surface area contributed by atoms with Crippen molar-refractivity contribution in [3.8, 4) is 5.75 Å². The zero-order chi connectivity index (χ0) is 12.9. The Labute approximate surface area is 102 Å². The maximum absolute atomic E-state index is 14.0. The van der Waals surface area contributed by atoms with Crippen LogP contribution in [-0.4, -0.2) is 20.7 Å². The maximum Gasteiger partial charge on any atom is 0.168 e. The molecule has 0 heterocycles. The number of hydrogen-bond acceptors (Lipinski definition) is 2. The van der Waals surface area contributed by atoms with E-state index in [1.807, 2.05) is 13.1 Å². The van der Waals surface area contributed by atoms with Gasteiger partial charge in [-0.25, -0.2) is 4.39 Å². The molecular formula is C14H20FNO. The largest absolute Gasteiger partial charge is 0.494 e. The van der Waals surface area contributed by atoms with Crippen molar-refractivity contribution < 1.29 is 9.13 Å². The number of rotatable bonds is 6. The fourth-order valence-electron chi connectivity index (χ4n) is 1.90. The molecule has 17 heavy (non-hydrogen) atoms. The molecule has 3 heteroatoms. The molecule has 0 aliphatic heterocycles. The predicted octanol–water partition coefficient (Wildman–Crippen LogP) is 2.79. The van der Waals surface area contributed by atoms with Crippen LogP contribution in [0.3, 0.4) is 0 Å². The third-order valence-electron chi connectivity index (χ3n) is 2.93. The maximum atomic E-state index is 14.0. The third-order valence-corrected chi connectivity index (χ3v) is 2.93. The molecule has 0 spiro atoms. The van der Waals surface area contributed by atoms with Gasteiger partial charge in [-0.2, -0.15) is 0 Å². The molecule has 2 nitrogen and oxygen atoms in total. The molecule has 0 bridgehead atoms. The van der Waals surface area contributed by atoms with Crippen LogP contribution in [0.25, 0.3) is 0 Å². The lowest BCUT2D eigenvalue weighted by molar-refractivity contribution is 0.370. The number of ether oxygens (including phenoxy) is 1. The van der Waals surface area contributed by atoms with Crippen molar-refractivity contribution in [1.82, 2.24) is 5.32 Å². The molecule has 1 unspecified atom stereocenters. The minimum atomic E-state index is -0.279. The Kier molecular flexibility index (Phi) is 4.70. The lowest BCUT2D eigenvalue weighted by Gasteiger charge is -2.26. The highest BCUT2D eigenvalue weighted by Crippen LogP contribution is 2.28. The van der Waals surface area contributed by atoms with Gasteiger partial charge in [0, 0.05) is 12.0 Å². The van der Waals surface area contributed by atoms with Crippen molar-refractivity contribution in [3.05, 3.63) is 42.2 Å². The molecule has 0 aliphatic rings. The fourth-order valence-corrected chi connectivity index (χ4v) is 1.90. The van der Waals surface area contributed by atoms with Gasteiger partial charge in [0.1, 0.15) is 0 Å². The zero-order valence-electron chi connectivity index (χ0n) is 10.7. The van der Waals surface area contributed by atoms with Gasteiger partial charge >= 0.3 is 0 Å². The third kappa shape index (κ3) is 3.30. The summed E-state index contributed by atoms with van der Waals surface area (Å²) in [7, 11) is 3.35. The van der Waals surface area contributed by atoms with Crippen LogP contribution in [0.5, 0.6) is 5.75 Å². The quantitative estimate of drug-likeness (QED) is 0.768. The number of benzene rings is 1. The van der Waals surface area contributed by atoms with Gasteiger partial charge < -0.3 is 10.1 Å². The van der Waals surface area contributed by atoms with Crippen LogP contribution in [0.1, 0.15) is 12.5 Å². The Bertz CT molecular complexity index is 392. The van der Waals surface area contributed by atoms with Crippen LogP contribution in [0.4, 0.5) is 4.39 Å². The highest BCUT2D eigenvalue weighted by Gasteiger charge is 2.22. The molecule has 1 N–H and O–H groups in total. The van der Waals surface area contributed by atoms with E-state index in [2.05, 4.69) is 18.8 Å². The van der Waals surface area contributed by atoms with Gasteiger partial charge in [-0.05, 0) is 25.1 Å². The summed E-state index contributed by atoms with van der Waals surface area (Å²) in [5.41, 5.74) is 0.490. The molecule has 0 fully saturated rings. The lowest BCUT2D eigenvalue weighted by atomic mass is 9.83. The van der Waals surface area contributed by atoms with Gasteiger partial charge in [0.05, 0.1) is 7.11 Å². The van der Waals surface area contributed by atoms with Crippen LogP contribution in [-0.2, 0) is 6.42 Å². The van der Waals surface area contributed by atoms with Crippen molar-refractivity contribution >= 4 is 0 Å². The summed E-state index contributed by atoms with van der Waals surface area (Å²) in [6, 6.07) is 5.22. The van der Waals surface area contributed by atoms with Crippen LogP contribution >= 0.6 is 0 Å². The molecular weight excluding hydrogens is 217 g/mol. The smallest absolute Gasteiger partial charge is 0.168 e. The SMILES string of the molecule is C=CC(C)(CNC)Cc1cccc(OC)c1F. The molecule has 0 radical (unpaired) electrons. The summed E-state index contributed by atoms with van der Waals surface area (Å²) in [4.78, 5) is 0. The van der Waals surface area contributed by atoms with Gasteiger partial charge in [-0.3, -0.25) is 0 Å². The molecule has 94 valence electrons. The number of hydrogen-bond donors (Lipinski definition) is 1. The second kappa shape index (κ2) is 5.82. The summed E-state index contributed by atoms with van der Waals surface area (Å²) >= 11 is 0. The molecule has 1 aromatic rings. The van der Waals surface area contributed by atoms with E-state index in [9.17, 15) is 4.39 Å². The molecule has 0 amide bonds. The first-order chi connectivity index (χ1) is 8.06. The zero-order valence-corrected chi connectivity index (χ0v) is 10.7. The van der Waals surface area contributed by atoms with Crippen molar-refractivity contribution in [2.45, 2.75) is 13.3 Å². The van der Waals surface area contributed by atoms with E-state index in [-0.39, 0.29) is 11.2 Å². The van der Waals surface area contributed by atoms with Gasteiger partial charge in [-0.15, -0.1) is 6.58 Å². The lowest BCUT2D eigenvalue weighted by Crippen LogP contribution is -2.30. The van der Waals surface area contributed by atoms with E-state index < -0.39 is 0 Å².